The molecule has 0 radical (unpaired) electrons. The number of nitrogens with zero attached hydrogens (tertiary/aromatic N) is 3. The fraction of sp³-hybridized carbons (Fsp3) is 0.632. The smallest absolute Gasteiger partial charge is 0.293 e. The van der Waals surface area contributed by atoms with E-state index < -0.39 is 4.92 Å². The summed E-state index contributed by atoms with van der Waals surface area (Å²) in [6, 6.07) is 4.87. The van der Waals surface area contributed by atoms with Gasteiger partial charge in [-0.1, -0.05) is 0 Å². The normalized spacial score (nSPS) is 20.3. The zero-order valence-corrected chi connectivity index (χ0v) is 16.0. The average Bonchev–Trinajstić information content (AvgIpc) is 3.22. The average molecular weight is 376 g/mol. The molecular weight excluding hydrogens is 348 g/mol. The maximum Gasteiger partial charge on any atom is 0.293 e. The molecule has 0 aliphatic carbocycles. The maximum absolute atomic E-state index is 12.7. The van der Waals surface area contributed by atoms with Crippen molar-refractivity contribution >= 4 is 17.3 Å². The van der Waals surface area contributed by atoms with Crippen LogP contribution in [0.3, 0.4) is 0 Å². The lowest BCUT2D eigenvalue weighted by Gasteiger charge is -2.35. The molecule has 2 saturated heterocycles. The number of nitrogens with one attached hydrogen (secondary N) is 1. The van der Waals surface area contributed by atoms with Crippen molar-refractivity contribution in [2.45, 2.75) is 38.8 Å². The van der Waals surface area contributed by atoms with E-state index in [0.717, 1.165) is 39.0 Å². The quantitative estimate of drug-likeness (QED) is 0.604. The number of amides is 1. The van der Waals surface area contributed by atoms with Gasteiger partial charge in [0, 0.05) is 49.9 Å². The first kappa shape index (κ1) is 19.6. The third-order valence-electron chi connectivity index (χ3n) is 5.59. The highest BCUT2D eigenvalue weighted by Crippen LogP contribution is 2.31. The Kier molecular flexibility index (Phi) is 6.28. The molecule has 2 atom stereocenters. The van der Waals surface area contributed by atoms with Crippen LogP contribution < -0.4 is 10.2 Å². The van der Waals surface area contributed by atoms with Gasteiger partial charge >= 0.3 is 0 Å². The largest absolute Gasteiger partial charge is 0.379 e. The van der Waals surface area contributed by atoms with E-state index in [4.69, 9.17) is 4.74 Å². The van der Waals surface area contributed by atoms with E-state index in [1.54, 1.807) is 12.1 Å². The van der Waals surface area contributed by atoms with Gasteiger partial charge in [0.1, 0.15) is 5.69 Å². The lowest BCUT2D eigenvalue weighted by atomic mass is 10.1. The molecule has 8 heteroatoms. The summed E-state index contributed by atoms with van der Waals surface area (Å²) in [7, 11) is 0. The number of nitro groups is 1. The lowest BCUT2D eigenvalue weighted by Crippen LogP contribution is -2.52. The topological polar surface area (TPSA) is 88.0 Å². The van der Waals surface area contributed by atoms with Crippen molar-refractivity contribution in [2.24, 2.45) is 0 Å². The number of ether oxygens (including phenoxy) is 1. The van der Waals surface area contributed by atoms with Crippen LogP contribution in [0, 0.1) is 10.1 Å². The van der Waals surface area contributed by atoms with Crippen molar-refractivity contribution in [3.63, 3.8) is 0 Å². The van der Waals surface area contributed by atoms with Crippen molar-refractivity contribution in [1.82, 2.24) is 10.2 Å². The van der Waals surface area contributed by atoms with Crippen molar-refractivity contribution in [1.29, 1.82) is 0 Å². The highest BCUT2D eigenvalue weighted by atomic mass is 16.6. The highest BCUT2D eigenvalue weighted by Gasteiger charge is 2.26. The Hall–Kier alpha value is -2.19. The summed E-state index contributed by atoms with van der Waals surface area (Å²) in [6.07, 6.45) is 2.08. The lowest BCUT2D eigenvalue weighted by molar-refractivity contribution is -0.384. The van der Waals surface area contributed by atoms with E-state index in [-0.39, 0.29) is 23.7 Å². The molecule has 8 nitrogen and oxygen atoms in total. The molecule has 1 amide bonds. The predicted octanol–water partition coefficient (Wildman–Crippen LogP) is 2.03. The van der Waals surface area contributed by atoms with Crippen LogP contribution in [0.25, 0.3) is 0 Å². The molecule has 0 bridgehead atoms. The number of rotatable bonds is 6. The molecule has 0 aromatic heterocycles. The molecule has 148 valence electrons. The molecule has 2 aliphatic heterocycles. The van der Waals surface area contributed by atoms with Crippen molar-refractivity contribution in [3.8, 4) is 0 Å². The van der Waals surface area contributed by atoms with E-state index in [0.29, 0.717) is 24.5 Å². The van der Waals surface area contributed by atoms with Crippen molar-refractivity contribution in [3.05, 3.63) is 33.9 Å². The van der Waals surface area contributed by atoms with Crippen LogP contribution in [0.1, 0.15) is 37.0 Å². The number of nitro benzene ring substituents is 1. The molecule has 0 spiro atoms. The van der Waals surface area contributed by atoms with Gasteiger partial charge in [-0.05, 0) is 38.8 Å². The SMILES string of the molecule is C[C@H]([C@@H](C)NC(=O)c1ccc(N2CCCC2)c([N+](=O)[O-])c1)N1CCOCC1. The van der Waals surface area contributed by atoms with Gasteiger partial charge < -0.3 is 15.0 Å². The molecule has 1 aromatic carbocycles. The minimum atomic E-state index is -0.399. The number of hydrogen-bond donors (Lipinski definition) is 1. The Balaban J connectivity index is 1.70. The summed E-state index contributed by atoms with van der Waals surface area (Å²) < 4.78 is 5.37. The molecule has 0 unspecified atom stereocenters. The number of carbonyl (C=O) groups excluding carboxylic acids is 1. The van der Waals surface area contributed by atoms with Crippen LogP contribution in [0.15, 0.2) is 18.2 Å². The molecule has 27 heavy (non-hydrogen) atoms. The van der Waals surface area contributed by atoms with Gasteiger partial charge in [-0.3, -0.25) is 19.8 Å². The van der Waals surface area contributed by atoms with Crippen LogP contribution >= 0.6 is 0 Å². The second-order valence-electron chi connectivity index (χ2n) is 7.31. The summed E-state index contributed by atoms with van der Waals surface area (Å²) in [5.41, 5.74) is 0.924. The first-order valence-electron chi connectivity index (χ1n) is 9.63. The Morgan fingerprint density at radius 3 is 2.48 bits per heavy atom. The molecular formula is C19H28N4O4. The van der Waals surface area contributed by atoms with Gasteiger partial charge in [-0.25, -0.2) is 0 Å². The van der Waals surface area contributed by atoms with Crippen LogP contribution in [0.2, 0.25) is 0 Å². The second-order valence-corrected chi connectivity index (χ2v) is 7.31. The van der Waals surface area contributed by atoms with Gasteiger partial charge in [0.25, 0.3) is 11.6 Å². The number of carbonyl (C=O) groups is 1. The summed E-state index contributed by atoms with van der Waals surface area (Å²) in [5, 5.41) is 14.5. The zero-order valence-electron chi connectivity index (χ0n) is 16.0. The van der Waals surface area contributed by atoms with Crippen molar-refractivity contribution < 1.29 is 14.5 Å². The van der Waals surface area contributed by atoms with E-state index in [2.05, 4.69) is 17.1 Å². The third-order valence-corrected chi connectivity index (χ3v) is 5.59. The summed E-state index contributed by atoms with van der Waals surface area (Å²) in [4.78, 5) is 28.1. The zero-order chi connectivity index (χ0) is 19.4. The molecule has 2 aliphatic rings. The molecule has 2 heterocycles. The standard InChI is InChI=1S/C19H28N4O4/c1-14(15(2)21-9-11-27-12-10-21)20-19(24)16-5-6-17(18(13-16)23(25)26)22-7-3-4-8-22/h5-6,13-15H,3-4,7-12H2,1-2H3,(H,20,24)/t14-,15-/m1/s1. The Morgan fingerprint density at radius 1 is 1.19 bits per heavy atom. The third kappa shape index (κ3) is 4.56. The molecule has 0 saturated carbocycles. The van der Waals surface area contributed by atoms with E-state index >= 15 is 0 Å². The van der Waals surface area contributed by atoms with Crippen LogP contribution in [-0.4, -0.2) is 67.2 Å². The van der Waals surface area contributed by atoms with E-state index in [9.17, 15) is 14.9 Å². The molecule has 1 N–H and O–H groups in total. The van der Waals surface area contributed by atoms with Crippen molar-refractivity contribution in [2.75, 3.05) is 44.3 Å². The minimum absolute atomic E-state index is 0.00145. The number of benzene rings is 1. The van der Waals surface area contributed by atoms with Crippen LogP contribution in [0.5, 0.6) is 0 Å². The maximum atomic E-state index is 12.7. The van der Waals surface area contributed by atoms with Gasteiger partial charge in [0.05, 0.1) is 18.1 Å². The van der Waals surface area contributed by atoms with Crippen LogP contribution in [0.4, 0.5) is 11.4 Å². The highest BCUT2D eigenvalue weighted by molar-refractivity contribution is 5.96. The number of morpholine rings is 1. The minimum Gasteiger partial charge on any atom is -0.379 e. The van der Waals surface area contributed by atoms with E-state index in [1.807, 2.05) is 11.8 Å². The Bertz CT molecular complexity index is 684. The molecule has 2 fully saturated rings. The van der Waals surface area contributed by atoms with E-state index in [1.165, 1.54) is 6.07 Å². The molecule has 3 rings (SSSR count). The fourth-order valence-electron chi connectivity index (χ4n) is 3.75. The monoisotopic (exact) mass is 376 g/mol. The summed E-state index contributed by atoms with van der Waals surface area (Å²) >= 11 is 0. The first-order valence-corrected chi connectivity index (χ1v) is 9.63. The van der Waals surface area contributed by atoms with Crippen LogP contribution in [-0.2, 0) is 4.74 Å². The Morgan fingerprint density at radius 2 is 1.85 bits per heavy atom. The van der Waals surface area contributed by atoms with Gasteiger partial charge in [0.2, 0.25) is 0 Å². The number of hydrogen-bond acceptors (Lipinski definition) is 6. The Labute approximate surface area is 159 Å². The second kappa shape index (κ2) is 8.67. The summed E-state index contributed by atoms with van der Waals surface area (Å²) in [5.74, 6) is -0.279. The summed E-state index contributed by atoms with van der Waals surface area (Å²) in [6.45, 7) is 8.78. The van der Waals surface area contributed by atoms with Gasteiger partial charge in [0.15, 0.2) is 0 Å². The van der Waals surface area contributed by atoms with Gasteiger partial charge in [-0.2, -0.15) is 0 Å². The first-order chi connectivity index (χ1) is 13.0. The predicted molar refractivity (Wildman–Crippen MR) is 103 cm³/mol. The fourth-order valence-corrected chi connectivity index (χ4v) is 3.75. The molecule has 1 aromatic rings. The van der Waals surface area contributed by atoms with Gasteiger partial charge in [-0.15, -0.1) is 0 Å². The number of anilines is 1.